The van der Waals surface area contributed by atoms with Crippen LogP contribution in [0.25, 0.3) is 0 Å². The molecule has 4 heteroatoms. The summed E-state index contributed by atoms with van der Waals surface area (Å²) in [6.07, 6.45) is 0.271. The van der Waals surface area contributed by atoms with Crippen molar-refractivity contribution in [3.63, 3.8) is 0 Å². The van der Waals surface area contributed by atoms with Crippen LogP contribution in [0.1, 0.15) is 6.42 Å². The normalized spacial score (nSPS) is 30.4. The maximum absolute atomic E-state index is 11.0. The molecule has 2 atom stereocenters. The van der Waals surface area contributed by atoms with E-state index >= 15 is 0 Å². The molecule has 4 nitrogen and oxygen atoms in total. The van der Waals surface area contributed by atoms with Crippen molar-refractivity contribution in [2.75, 3.05) is 20.8 Å². The average Bonchev–Trinajstić information content (AvgIpc) is 2.50. The molecule has 0 spiro atoms. The van der Waals surface area contributed by atoms with E-state index in [4.69, 9.17) is 9.47 Å². The highest BCUT2D eigenvalue weighted by Gasteiger charge is 2.34. The minimum atomic E-state index is -0.414. The van der Waals surface area contributed by atoms with E-state index in [0.717, 1.165) is 0 Å². The monoisotopic (exact) mass is 160 g/mol. The zero-order valence-corrected chi connectivity index (χ0v) is 6.70. The number of esters is 1. The van der Waals surface area contributed by atoms with Gasteiger partial charge in [-0.2, -0.15) is 0 Å². The van der Waals surface area contributed by atoms with Gasteiger partial charge in [0.15, 0.2) is 6.29 Å². The molecule has 1 unspecified atom stereocenters. The minimum Gasteiger partial charge on any atom is -0.469 e. The molecule has 1 heterocycles. The molecular formula is C7H12O4. The fourth-order valence-electron chi connectivity index (χ4n) is 1.18. The predicted molar refractivity (Wildman–Crippen MR) is 36.9 cm³/mol. The van der Waals surface area contributed by atoms with Gasteiger partial charge >= 0.3 is 5.97 Å². The highest BCUT2D eigenvalue weighted by Crippen LogP contribution is 2.22. The summed E-state index contributed by atoms with van der Waals surface area (Å²) >= 11 is 0. The zero-order valence-electron chi connectivity index (χ0n) is 6.70. The Balaban J connectivity index is 2.49. The van der Waals surface area contributed by atoms with Gasteiger partial charge in [0.2, 0.25) is 0 Å². The van der Waals surface area contributed by atoms with Crippen molar-refractivity contribution in [1.82, 2.24) is 0 Å². The van der Waals surface area contributed by atoms with Crippen LogP contribution in [0.3, 0.4) is 0 Å². The lowest BCUT2D eigenvalue weighted by Gasteiger charge is -2.13. The van der Waals surface area contributed by atoms with Crippen LogP contribution in [0.5, 0.6) is 0 Å². The molecular weight excluding hydrogens is 148 g/mol. The van der Waals surface area contributed by atoms with Crippen LogP contribution >= 0.6 is 0 Å². The lowest BCUT2D eigenvalue weighted by atomic mass is 10.1. The predicted octanol–water partition coefficient (Wildman–Crippen LogP) is 0.168. The molecule has 0 bridgehead atoms. The van der Waals surface area contributed by atoms with Gasteiger partial charge in [0.05, 0.1) is 13.7 Å². The minimum absolute atomic E-state index is 0.245. The largest absolute Gasteiger partial charge is 0.469 e. The first kappa shape index (κ1) is 8.49. The lowest BCUT2D eigenvalue weighted by molar-refractivity contribution is -0.161. The molecule has 1 fully saturated rings. The molecule has 0 aliphatic carbocycles. The molecule has 0 aromatic heterocycles. The molecule has 64 valence electrons. The third-order valence-electron chi connectivity index (χ3n) is 1.78. The molecule has 0 saturated carbocycles. The second kappa shape index (κ2) is 3.69. The molecule has 1 saturated heterocycles. The van der Waals surface area contributed by atoms with E-state index in [9.17, 15) is 4.79 Å². The molecule has 1 rings (SSSR count). The number of hydrogen-bond acceptors (Lipinski definition) is 4. The highest BCUT2D eigenvalue weighted by atomic mass is 16.7. The van der Waals surface area contributed by atoms with E-state index in [0.29, 0.717) is 13.0 Å². The van der Waals surface area contributed by atoms with Crippen molar-refractivity contribution in [3.8, 4) is 0 Å². The molecule has 0 aromatic carbocycles. The summed E-state index contributed by atoms with van der Waals surface area (Å²) in [5.41, 5.74) is 0. The van der Waals surface area contributed by atoms with Crippen LogP contribution < -0.4 is 0 Å². The summed E-state index contributed by atoms with van der Waals surface area (Å²) in [5, 5.41) is 0. The Kier molecular flexibility index (Phi) is 2.84. The summed E-state index contributed by atoms with van der Waals surface area (Å²) in [6, 6.07) is 0. The van der Waals surface area contributed by atoms with Crippen LogP contribution in [0.4, 0.5) is 0 Å². The molecule has 1 aliphatic heterocycles. The fourth-order valence-corrected chi connectivity index (χ4v) is 1.18. The van der Waals surface area contributed by atoms with E-state index in [1.165, 1.54) is 14.2 Å². The van der Waals surface area contributed by atoms with Crippen LogP contribution in [0.2, 0.25) is 0 Å². The van der Waals surface area contributed by atoms with Gasteiger partial charge in [-0.3, -0.25) is 4.79 Å². The summed E-state index contributed by atoms with van der Waals surface area (Å²) in [5.74, 6) is -0.501. The van der Waals surface area contributed by atoms with Crippen molar-refractivity contribution < 1.29 is 19.0 Å². The van der Waals surface area contributed by atoms with Crippen molar-refractivity contribution in [1.29, 1.82) is 0 Å². The smallest absolute Gasteiger partial charge is 0.313 e. The SMILES string of the molecule is COC(=O)[C@@H]1CCOC1OC. The van der Waals surface area contributed by atoms with Crippen molar-refractivity contribution >= 4 is 5.97 Å². The number of rotatable bonds is 2. The highest BCUT2D eigenvalue weighted by molar-refractivity contribution is 5.72. The standard InChI is InChI=1S/C7H12O4/c1-9-6(8)5-3-4-11-7(5)10-2/h5,7H,3-4H2,1-2H3/t5-,7?/m0/s1. The topological polar surface area (TPSA) is 44.8 Å². The second-order valence-corrected chi connectivity index (χ2v) is 2.39. The van der Waals surface area contributed by atoms with Crippen molar-refractivity contribution in [2.45, 2.75) is 12.7 Å². The van der Waals surface area contributed by atoms with E-state index < -0.39 is 6.29 Å². The van der Waals surface area contributed by atoms with Gasteiger partial charge in [-0.15, -0.1) is 0 Å². The van der Waals surface area contributed by atoms with Gasteiger partial charge in [-0.1, -0.05) is 0 Å². The number of hydrogen-bond donors (Lipinski definition) is 0. The van der Waals surface area contributed by atoms with Crippen molar-refractivity contribution in [2.24, 2.45) is 5.92 Å². The van der Waals surface area contributed by atoms with Crippen LogP contribution in [0, 0.1) is 5.92 Å². The molecule has 11 heavy (non-hydrogen) atoms. The van der Waals surface area contributed by atoms with Crippen LogP contribution in [-0.4, -0.2) is 33.1 Å². The first-order valence-electron chi connectivity index (χ1n) is 3.52. The summed E-state index contributed by atoms with van der Waals surface area (Å²) < 4.78 is 14.6. The third kappa shape index (κ3) is 1.70. The zero-order chi connectivity index (χ0) is 8.27. The van der Waals surface area contributed by atoms with Gasteiger partial charge in [-0.25, -0.2) is 0 Å². The second-order valence-electron chi connectivity index (χ2n) is 2.39. The van der Waals surface area contributed by atoms with Gasteiger partial charge in [-0.05, 0) is 6.42 Å². The van der Waals surface area contributed by atoms with Crippen LogP contribution in [0.15, 0.2) is 0 Å². The Morgan fingerprint density at radius 3 is 2.82 bits per heavy atom. The molecule has 1 aliphatic rings. The Labute approximate surface area is 65.4 Å². The number of methoxy groups -OCH3 is 2. The quantitative estimate of drug-likeness (QED) is 0.540. The number of carbonyl (C=O) groups is 1. The van der Waals surface area contributed by atoms with E-state index in [1.807, 2.05) is 0 Å². The summed E-state index contributed by atoms with van der Waals surface area (Å²) in [6.45, 7) is 0.568. The first-order chi connectivity index (χ1) is 5.29. The lowest BCUT2D eigenvalue weighted by Crippen LogP contribution is -2.26. The molecule has 0 radical (unpaired) electrons. The Morgan fingerprint density at radius 1 is 1.55 bits per heavy atom. The fraction of sp³-hybridized carbons (Fsp3) is 0.857. The third-order valence-corrected chi connectivity index (χ3v) is 1.78. The van der Waals surface area contributed by atoms with Gasteiger partial charge in [0.1, 0.15) is 5.92 Å². The van der Waals surface area contributed by atoms with Gasteiger partial charge in [0, 0.05) is 7.11 Å². The molecule has 0 aromatic rings. The van der Waals surface area contributed by atoms with Gasteiger partial charge < -0.3 is 14.2 Å². The van der Waals surface area contributed by atoms with Crippen molar-refractivity contribution in [3.05, 3.63) is 0 Å². The Hall–Kier alpha value is -0.610. The number of ether oxygens (including phenoxy) is 3. The van der Waals surface area contributed by atoms with E-state index in [-0.39, 0.29) is 11.9 Å². The average molecular weight is 160 g/mol. The number of carbonyl (C=O) groups excluding carboxylic acids is 1. The first-order valence-corrected chi connectivity index (χ1v) is 3.52. The maximum atomic E-state index is 11.0. The summed E-state index contributed by atoms with van der Waals surface area (Å²) in [7, 11) is 2.89. The maximum Gasteiger partial charge on any atom is 0.313 e. The Bertz CT molecular complexity index is 145. The molecule has 0 amide bonds. The van der Waals surface area contributed by atoms with Gasteiger partial charge in [0.25, 0.3) is 0 Å². The Morgan fingerprint density at radius 2 is 2.27 bits per heavy atom. The molecule has 0 N–H and O–H groups in total. The van der Waals surface area contributed by atoms with Crippen LogP contribution in [-0.2, 0) is 19.0 Å². The summed E-state index contributed by atoms with van der Waals surface area (Å²) in [4.78, 5) is 11.0. The van der Waals surface area contributed by atoms with E-state index in [1.54, 1.807) is 0 Å². The van der Waals surface area contributed by atoms with E-state index in [2.05, 4.69) is 4.74 Å².